The zero-order valence-electron chi connectivity index (χ0n) is 10.7. The lowest BCUT2D eigenvalue weighted by molar-refractivity contribution is 0.414. The van der Waals surface area contributed by atoms with E-state index in [1.54, 1.807) is 7.11 Å². The van der Waals surface area contributed by atoms with Gasteiger partial charge in [-0.3, -0.25) is 0 Å². The Kier molecular flexibility index (Phi) is 2.97. The lowest BCUT2D eigenvalue weighted by Gasteiger charge is -2.09. The maximum atomic E-state index is 6.24. The molecule has 3 nitrogen and oxygen atoms in total. The maximum absolute atomic E-state index is 6.24. The summed E-state index contributed by atoms with van der Waals surface area (Å²) in [5.74, 6) is 1.59. The third-order valence-corrected chi connectivity index (χ3v) is 3.23. The van der Waals surface area contributed by atoms with Crippen LogP contribution in [0.15, 0.2) is 59.0 Å². The van der Waals surface area contributed by atoms with E-state index in [9.17, 15) is 0 Å². The van der Waals surface area contributed by atoms with Crippen molar-refractivity contribution >= 4 is 11.0 Å². The fourth-order valence-electron chi connectivity index (χ4n) is 2.13. The minimum absolute atomic E-state index is 0.265. The summed E-state index contributed by atoms with van der Waals surface area (Å²) in [6.45, 7) is 0. The van der Waals surface area contributed by atoms with Gasteiger partial charge in [-0.1, -0.05) is 30.3 Å². The Bertz CT molecular complexity index is 652. The number of fused-ring (bicyclic) bond motifs is 1. The molecule has 1 heterocycles. The van der Waals surface area contributed by atoms with Crippen LogP contribution < -0.4 is 10.5 Å². The molecule has 1 atom stereocenters. The van der Waals surface area contributed by atoms with Crippen LogP contribution in [0.5, 0.6) is 5.75 Å². The van der Waals surface area contributed by atoms with Crippen LogP contribution in [0.4, 0.5) is 0 Å². The number of hydrogen-bond donors (Lipinski definition) is 1. The van der Waals surface area contributed by atoms with Crippen molar-refractivity contribution in [2.45, 2.75) is 6.04 Å². The molecule has 0 fully saturated rings. The van der Waals surface area contributed by atoms with Gasteiger partial charge in [0.05, 0.1) is 13.2 Å². The summed E-state index contributed by atoms with van der Waals surface area (Å²) in [6, 6.07) is 17.3. The summed E-state index contributed by atoms with van der Waals surface area (Å²) >= 11 is 0. The molecule has 2 N–H and O–H groups in total. The van der Waals surface area contributed by atoms with Crippen LogP contribution in [0.1, 0.15) is 17.4 Å². The normalized spacial score (nSPS) is 12.5. The summed E-state index contributed by atoms with van der Waals surface area (Å²) in [6.07, 6.45) is 0. The molecular formula is C16H15NO2. The van der Waals surface area contributed by atoms with E-state index >= 15 is 0 Å². The van der Waals surface area contributed by atoms with E-state index in [2.05, 4.69) is 0 Å². The fraction of sp³-hybridized carbons (Fsp3) is 0.125. The standard InChI is InChI=1S/C16H15NO2/c1-18-13-8-6-11(7-9-13)16(17)15-10-12-4-2-3-5-14(12)19-15/h2-10,16H,17H2,1H3/t16-/m1/s1. The number of ether oxygens (including phenoxy) is 1. The highest BCUT2D eigenvalue weighted by Gasteiger charge is 2.14. The Morgan fingerprint density at radius 2 is 1.79 bits per heavy atom. The third-order valence-electron chi connectivity index (χ3n) is 3.23. The van der Waals surface area contributed by atoms with E-state index < -0.39 is 0 Å². The number of para-hydroxylation sites is 1. The molecule has 0 unspecified atom stereocenters. The van der Waals surface area contributed by atoms with Gasteiger partial charge in [0.1, 0.15) is 17.1 Å². The first-order chi connectivity index (χ1) is 9.28. The van der Waals surface area contributed by atoms with Crippen molar-refractivity contribution in [1.29, 1.82) is 0 Å². The van der Waals surface area contributed by atoms with Crippen LogP contribution in [-0.4, -0.2) is 7.11 Å². The summed E-state index contributed by atoms with van der Waals surface area (Å²) < 4.78 is 10.9. The average molecular weight is 253 g/mol. The van der Waals surface area contributed by atoms with Gasteiger partial charge in [-0.25, -0.2) is 0 Å². The Morgan fingerprint density at radius 3 is 2.47 bits per heavy atom. The monoisotopic (exact) mass is 253 g/mol. The quantitative estimate of drug-likeness (QED) is 0.777. The summed E-state index contributed by atoms with van der Waals surface area (Å²) in [5, 5.41) is 1.07. The summed E-state index contributed by atoms with van der Waals surface area (Å²) in [5.41, 5.74) is 8.10. The highest BCUT2D eigenvalue weighted by atomic mass is 16.5. The van der Waals surface area contributed by atoms with E-state index in [-0.39, 0.29) is 6.04 Å². The second kappa shape index (κ2) is 4.78. The van der Waals surface area contributed by atoms with Crippen LogP contribution in [0.2, 0.25) is 0 Å². The number of hydrogen-bond acceptors (Lipinski definition) is 3. The van der Waals surface area contributed by atoms with Gasteiger partial charge in [-0.2, -0.15) is 0 Å². The molecular weight excluding hydrogens is 238 g/mol. The van der Waals surface area contributed by atoms with Crippen LogP contribution in [0.3, 0.4) is 0 Å². The van der Waals surface area contributed by atoms with Crippen molar-refractivity contribution in [3.05, 3.63) is 65.9 Å². The second-order valence-electron chi connectivity index (χ2n) is 4.44. The van der Waals surface area contributed by atoms with Crippen LogP contribution in [0, 0.1) is 0 Å². The Morgan fingerprint density at radius 1 is 1.05 bits per heavy atom. The van der Waals surface area contributed by atoms with E-state index in [4.69, 9.17) is 14.9 Å². The number of nitrogens with two attached hydrogens (primary N) is 1. The van der Waals surface area contributed by atoms with E-state index in [1.165, 1.54) is 0 Å². The first kappa shape index (κ1) is 11.8. The van der Waals surface area contributed by atoms with Crippen LogP contribution in [-0.2, 0) is 0 Å². The average Bonchev–Trinajstić information content (AvgIpc) is 2.90. The molecule has 0 radical (unpaired) electrons. The number of benzene rings is 2. The minimum Gasteiger partial charge on any atom is -0.497 e. The molecule has 0 saturated heterocycles. The van der Waals surface area contributed by atoms with Crippen molar-refractivity contribution < 1.29 is 9.15 Å². The fourth-order valence-corrected chi connectivity index (χ4v) is 2.13. The molecule has 0 spiro atoms. The summed E-state index contributed by atoms with van der Waals surface area (Å²) in [4.78, 5) is 0. The van der Waals surface area contributed by atoms with Gasteiger partial charge in [0, 0.05) is 5.39 Å². The van der Waals surface area contributed by atoms with Gasteiger partial charge in [-0.05, 0) is 29.8 Å². The summed E-state index contributed by atoms with van der Waals surface area (Å²) in [7, 11) is 1.65. The van der Waals surface area contributed by atoms with Crippen LogP contribution >= 0.6 is 0 Å². The van der Waals surface area contributed by atoms with Crippen molar-refractivity contribution in [2.24, 2.45) is 5.73 Å². The van der Waals surface area contributed by atoms with Gasteiger partial charge in [-0.15, -0.1) is 0 Å². The molecule has 0 aliphatic carbocycles. The lowest BCUT2D eigenvalue weighted by Crippen LogP contribution is -2.10. The molecule has 0 aliphatic rings. The SMILES string of the molecule is COc1ccc([C@@H](N)c2cc3ccccc3o2)cc1. The number of methoxy groups -OCH3 is 1. The molecule has 19 heavy (non-hydrogen) atoms. The first-order valence-corrected chi connectivity index (χ1v) is 6.16. The van der Waals surface area contributed by atoms with Crippen molar-refractivity contribution in [1.82, 2.24) is 0 Å². The topological polar surface area (TPSA) is 48.4 Å². The van der Waals surface area contributed by atoms with Crippen molar-refractivity contribution in [2.75, 3.05) is 7.11 Å². The Labute approximate surface area is 111 Å². The molecule has 96 valence electrons. The third kappa shape index (κ3) is 2.20. The molecule has 3 heteroatoms. The van der Waals surface area contributed by atoms with E-state index in [1.807, 2.05) is 54.6 Å². The van der Waals surface area contributed by atoms with Gasteiger partial charge in [0.2, 0.25) is 0 Å². The maximum Gasteiger partial charge on any atom is 0.134 e. The van der Waals surface area contributed by atoms with Gasteiger partial charge in [0.25, 0.3) is 0 Å². The highest BCUT2D eigenvalue weighted by molar-refractivity contribution is 5.77. The second-order valence-corrected chi connectivity index (χ2v) is 4.44. The minimum atomic E-state index is -0.265. The van der Waals surface area contributed by atoms with Gasteiger partial charge in [0.15, 0.2) is 0 Å². The van der Waals surface area contributed by atoms with E-state index in [0.717, 1.165) is 28.0 Å². The molecule has 0 aliphatic heterocycles. The zero-order chi connectivity index (χ0) is 13.2. The predicted octanol–water partition coefficient (Wildman–Crippen LogP) is 3.49. The number of rotatable bonds is 3. The smallest absolute Gasteiger partial charge is 0.134 e. The molecule has 2 aromatic carbocycles. The van der Waals surface area contributed by atoms with Crippen LogP contribution in [0.25, 0.3) is 11.0 Å². The molecule has 0 saturated carbocycles. The highest BCUT2D eigenvalue weighted by Crippen LogP contribution is 2.27. The van der Waals surface area contributed by atoms with Gasteiger partial charge >= 0.3 is 0 Å². The van der Waals surface area contributed by atoms with E-state index in [0.29, 0.717) is 0 Å². The Balaban J connectivity index is 1.95. The molecule has 0 bridgehead atoms. The van der Waals surface area contributed by atoms with Crippen molar-refractivity contribution in [3.63, 3.8) is 0 Å². The largest absolute Gasteiger partial charge is 0.497 e. The lowest BCUT2D eigenvalue weighted by atomic mass is 10.1. The molecule has 1 aromatic heterocycles. The number of furan rings is 1. The predicted molar refractivity (Wildman–Crippen MR) is 75.2 cm³/mol. The zero-order valence-corrected chi connectivity index (χ0v) is 10.7. The molecule has 3 rings (SSSR count). The Hall–Kier alpha value is -2.26. The molecule has 3 aromatic rings. The van der Waals surface area contributed by atoms with Gasteiger partial charge < -0.3 is 14.9 Å². The molecule has 0 amide bonds. The van der Waals surface area contributed by atoms with Crippen molar-refractivity contribution in [3.8, 4) is 5.75 Å². The first-order valence-electron chi connectivity index (χ1n) is 6.16.